The maximum atomic E-state index is 12.0. The summed E-state index contributed by atoms with van der Waals surface area (Å²) in [6.45, 7) is 5.28. The lowest BCUT2D eigenvalue weighted by molar-refractivity contribution is -0.191. The van der Waals surface area contributed by atoms with Crippen LogP contribution in [0.4, 0.5) is 0 Å². The van der Waals surface area contributed by atoms with Crippen LogP contribution in [-0.2, 0) is 19.0 Å². The Hall–Kier alpha value is -0.870. The molecule has 0 amide bonds. The van der Waals surface area contributed by atoms with Gasteiger partial charge in [0.2, 0.25) is 0 Å². The SMILES string of the molecule is CCCCCCCCCCC[C@@H](CC1=C(CCCCCC)C(=O)O1)OC1CCCCO1. The number of carbonyl (C=O) groups is 1. The molecule has 0 spiro atoms. The van der Waals surface area contributed by atoms with Crippen molar-refractivity contribution in [3.63, 3.8) is 0 Å². The summed E-state index contributed by atoms with van der Waals surface area (Å²) < 4.78 is 17.6. The molecule has 2 aliphatic heterocycles. The molecule has 2 atom stereocenters. The zero-order valence-electron chi connectivity index (χ0n) is 20.4. The number of rotatable bonds is 19. The largest absolute Gasteiger partial charge is 0.427 e. The van der Waals surface area contributed by atoms with E-state index in [1.165, 1.54) is 83.5 Å². The molecule has 0 aromatic heterocycles. The van der Waals surface area contributed by atoms with Crippen LogP contribution in [0.3, 0.4) is 0 Å². The molecule has 2 aliphatic rings. The van der Waals surface area contributed by atoms with Crippen molar-refractivity contribution < 1.29 is 19.0 Å². The van der Waals surface area contributed by atoms with Gasteiger partial charge in [-0.3, -0.25) is 0 Å². The molecule has 0 aromatic carbocycles. The predicted molar refractivity (Wildman–Crippen MR) is 127 cm³/mol. The van der Waals surface area contributed by atoms with Crippen molar-refractivity contribution in [1.29, 1.82) is 0 Å². The topological polar surface area (TPSA) is 44.8 Å². The van der Waals surface area contributed by atoms with Gasteiger partial charge in [-0.1, -0.05) is 90.9 Å². The number of unbranched alkanes of at least 4 members (excludes halogenated alkanes) is 11. The van der Waals surface area contributed by atoms with Crippen LogP contribution >= 0.6 is 0 Å². The third-order valence-electron chi connectivity index (χ3n) is 6.60. The Labute approximate surface area is 191 Å². The van der Waals surface area contributed by atoms with E-state index in [2.05, 4.69) is 13.8 Å². The molecule has 0 radical (unpaired) electrons. The Morgan fingerprint density at radius 2 is 1.52 bits per heavy atom. The van der Waals surface area contributed by atoms with Crippen molar-refractivity contribution in [3.8, 4) is 0 Å². The smallest absolute Gasteiger partial charge is 0.342 e. The van der Waals surface area contributed by atoms with E-state index in [0.29, 0.717) is 0 Å². The molecule has 0 aromatic rings. The molecular formula is C27H48O4. The van der Waals surface area contributed by atoms with Gasteiger partial charge in [-0.05, 0) is 38.5 Å². The molecule has 1 saturated heterocycles. The van der Waals surface area contributed by atoms with E-state index in [9.17, 15) is 4.79 Å². The summed E-state index contributed by atoms with van der Waals surface area (Å²) in [5, 5.41) is 0. The lowest BCUT2D eigenvalue weighted by atomic mass is 9.97. The summed E-state index contributed by atoms with van der Waals surface area (Å²) in [6.07, 6.45) is 22.6. The van der Waals surface area contributed by atoms with Gasteiger partial charge >= 0.3 is 5.97 Å². The van der Waals surface area contributed by atoms with E-state index in [4.69, 9.17) is 14.2 Å². The number of hydrogen-bond donors (Lipinski definition) is 0. The van der Waals surface area contributed by atoms with Gasteiger partial charge in [0.05, 0.1) is 11.7 Å². The van der Waals surface area contributed by atoms with E-state index in [1.807, 2.05) is 0 Å². The molecule has 180 valence electrons. The van der Waals surface area contributed by atoms with Crippen molar-refractivity contribution in [2.75, 3.05) is 6.61 Å². The summed E-state index contributed by atoms with van der Waals surface area (Å²) in [5.74, 6) is 0.778. The number of ether oxygens (including phenoxy) is 3. The second kappa shape index (κ2) is 16.7. The molecule has 2 rings (SSSR count). The number of carbonyl (C=O) groups excluding carboxylic acids is 1. The second-order valence-electron chi connectivity index (χ2n) is 9.48. The average molecular weight is 437 g/mol. The second-order valence-corrected chi connectivity index (χ2v) is 9.48. The van der Waals surface area contributed by atoms with E-state index >= 15 is 0 Å². The Kier molecular flexibility index (Phi) is 14.2. The van der Waals surface area contributed by atoms with Gasteiger partial charge in [0.25, 0.3) is 0 Å². The first-order valence-electron chi connectivity index (χ1n) is 13.5. The first-order chi connectivity index (χ1) is 15.2. The van der Waals surface area contributed by atoms with E-state index in [1.54, 1.807) is 0 Å². The van der Waals surface area contributed by atoms with Gasteiger partial charge in [0.15, 0.2) is 6.29 Å². The van der Waals surface area contributed by atoms with Crippen molar-refractivity contribution in [1.82, 2.24) is 0 Å². The molecular weight excluding hydrogens is 388 g/mol. The number of esters is 1. The maximum Gasteiger partial charge on any atom is 0.342 e. The van der Waals surface area contributed by atoms with Crippen molar-refractivity contribution in [3.05, 3.63) is 11.3 Å². The number of cyclic esters (lactones) is 1. The summed E-state index contributed by atoms with van der Waals surface area (Å²) in [4.78, 5) is 12.0. The third-order valence-corrected chi connectivity index (χ3v) is 6.60. The van der Waals surface area contributed by atoms with Gasteiger partial charge in [-0.15, -0.1) is 0 Å². The Morgan fingerprint density at radius 3 is 2.13 bits per heavy atom. The molecule has 1 unspecified atom stereocenters. The molecule has 2 heterocycles. The highest BCUT2D eigenvalue weighted by atomic mass is 16.7. The first kappa shape index (κ1) is 26.4. The van der Waals surface area contributed by atoms with E-state index < -0.39 is 0 Å². The highest BCUT2D eigenvalue weighted by Gasteiger charge is 2.32. The molecule has 0 aliphatic carbocycles. The van der Waals surface area contributed by atoms with Gasteiger partial charge in [-0.2, -0.15) is 0 Å². The minimum absolute atomic E-state index is 0.0818. The Balaban J connectivity index is 1.74. The van der Waals surface area contributed by atoms with Gasteiger partial charge < -0.3 is 14.2 Å². The monoisotopic (exact) mass is 436 g/mol. The zero-order chi connectivity index (χ0) is 22.2. The molecule has 31 heavy (non-hydrogen) atoms. The molecule has 0 saturated carbocycles. The Bertz CT molecular complexity index is 507. The van der Waals surface area contributed by atoms with E-state index in [0.717, 1.165) is 56.5 Å². The van der Waals surface area contributed by atoms with Gasteiger partial charge in [0, 0.05) is 13.0 Å². The van der Waals surface area contributed by atoms with Crippen molar-refractivity contribution >= 4 is 5.97 Å². The fourth-order valence-electron chi connectivity index (χ4n) is 4.58. The first-order valence-corrected chi connectivity index (χ1v) is 13.5. The normalized spacial score (nSPS) is 19.9. The molecule has 4 nitrogen and oxygen atoms in total. The highest BCUT2D eigenvalue weighted by molar-refractivity contribution is 5.95. The zero-order valence-corrected chi connectivity index (χ0v) is 20.4. The van der Waals surface area contributed by atoms with E-state index in [-0.39, 0.29) is 18.4 Å². The molecule has 0 bridgehead atoms. The molecule has 4 heteroatoms. The van der Waals surface area contributed by atoms with Crippen LogP contribution in [-0.4, -0.2) is 25.0 Å². The standard InChI is InChI=1S/C27H48O4/c1-3-5-7-9-10-11-12-13-14-18-23(30-26-20-16-17-21-29-26)22-25-24(27(28)31-25)19-15-8-6-4-2/h23,26H,3-22H2,1-2H3/t23-,26?/m0/s1. The third kappa shape index (κ3) is 11.0. The van der Waals surface area contributed by atoms with Gasteiger partial charge in [0.1, 0.15) is 5.76 Å². The lowest BCUT2D eigenvalue weighted by Gasteiger charge is -2.30. The maximum absolute atomic E-state index is 12.0. The van der Waals surface area contributed by atoms with Crippen LogP contribution in [0.2, 0.25) is 0 Å². The van der Waals surface area contributed by atoms with Crippen LogP contribution in [0, 0.1) is 0 Å². The summed E-state index contributed by atoms with van der Waals surface area (Å²) in [6, 6.07) is 0. The van der Waals surface area contributed by atoms with Crippen LogP contribution in [0.5, 0.6) is 0 Å². The van der Waals surface area contributed by atoms with Gasteiger partial charge in [-0.25, -0.2) is 4.79 Å². The average Bonchev–Trinajstić information content (AvgIpc) is 2.78. The lowest BCUT2D eigenvalue weighted by Crippen LogP contribution is -2.31. The van der Waals surface area contributed by atoms with Crippen LogP contribution in [0.25, 0.3) is 0 Å². The Morgan fingerprint density at radius 1 is 0.871 bits per heavy atom. The quantitative estimate of drug-likeness (QED) is 0.152. The molecule has 1 fully saturated rings. The summed E-state index contributed by atoms with van der Waals surface area (Å²) in [5.41, 5.74) is 0.918. The van der Waals surface area contributed by atoms with Crippen molar-refractivity contribution in [2.45, 2.75) is 148 Å². The van der Waals surface area contributed by atoms with Crippen LogP contribution in [0.15, 0.2) is 11.3 Å². The van der Waals surface area contributed by atoms with Crippen molar-refractivity contribution in [2.24, 2.45) is 0 Å². The summed E-state index contributed by atoms with van der Waals surface area (Å²) in [7, 11) is 0. The van der Waals surface area contributed by atoms with Crippen LogP contribution < -0.4 is 0 Å². The van der Waals surface area contributed by atoms with Crippen LogP contribution in [0.1, 0.15) is 136 Å². The molecule has 0 N–H and O–H groups in total. The summed E-state index contributed by atoms with van der Waals surface area (Å²) >= 11 is 0. The number of hydrogen-bond acceptors (Lipinski definition) is 4. The minimum atomic E-state index is -0.109. The fraction of sp³-hybridized carbons (Fsp3) is 0.889. The fourth-order valence-corrected chi connectivity index (χ4v) is 4.58. The highest BCUT2D eigenvalue weighted by Crippen LogP contribution is 2.32. The predicted octanol–water partition coefficient (Wildman–Crippen LogP) is 7.99. The minimum Gasteiger partial charge on any atom is -0.427 e.